The van der Waals surface area contributed by atoms with Gasteiger partial charge >= 0.3 is 5.97 Å². The van der Waals surface area contributed by atoms with E-state index in [9.17, 15) is 9.59 Å². The van der Waals surface area contributed by atoms with E-state index < -0.39 is 24.1 Å². The van der Waals surface area contributed by atoms with Gasteiger partial charge in [0.15, 0.2) is 6.10 Å². The first kappa shape index (κ1) is 15.1. The molecule has 1 fully saturated rings. The molecular weight excluding hydrogens is 305 g/mol. The molecule has 7 heteroatoms. The van der Waals surface area contributed by atoms with Gasteiger partial charge in [0.25, 0.3) is 5.91 Å². The average Bonchev–Trinajstić information content (AvgIpc) is 2.89. The second-order valence-corrected chi connectivity index (χ2v) is 5.36. The summed E-state index contributed by atoms with van der Waals surface area (Å²) in [6, 6.07) is 3.38. The third kappa shape index (κ3) is 3.06. The number of benzene rings is 1. The number of carboxylic acids is 1. The van der Waals surface area contributed by atoms with E-state index in [2.05, 4.69) is 5.32 Å². The molecular formula is C13H13Cl2NO4. The van der Waals surface area contributed by atoms with Crippen molar-refractivity contribution in [3.63, 3.8) is 0 Å². The number of carbonyl (C=O) groups excluding carboxylic acids is 1. The molecule has 0 aromatic heterocycles. The number of hydrogen-bond acceptors (Lipinski definition) is 3. The fourth-order valence-electron chi connectivity index (χ4n) is 1.99. The SMILES string of the molecule is Cc1ccc(Cl)c(NC(=O)[C@@H]2CC[C@H](C(=O)O)O2)c1Cl. The van der Waals surface area contributed by atoms with Crippen LogP contribution in [0.5, 0.6) is 0 Å². The first-order chi connectivity index (χ1) is 9.40. The largest absolute Gasteiger partial charge is 0.479 e. The second kappa shape index (κ2) is 5.99. The Labute approximate surface area is 125 Å². The monoisotopic (exact) mass is 317 g/mol. The van der Waals surface area contributed by atoms with Gasteiger partial charge in [0, 0.05) is 0 Å². The smallest absolute Gasteiger partial charge is 0.332 e. The summed E-state index contributed by atoms with van der Waals surface area (Å²) in [6.07, 6.45) is -1.08. The highest BCUT2D eigenvalue weighted by atomic mass is 35.5. The van der Waals surface area contributed by atoms with Crippen molar-refractivity contribution in [2.24, 2.45) is 0 Å². The zero-order valence-corrected chi connectivity index (χ0v) is 12.2. The topological polar surface area (TPSA) is 75.6 Å². The third-order valence-electron chi connectivity index (χ3n) is 3.12. The molecule has 0 unspecified atom stereocenters. The number of aliphatic carboxylic acids is 1. The molecule has 1 aliphatic rings. The van der Waals surface area contributed by atoms with Gasteiger partial charge in [0.2, 0.25) is 0 Å². The van der Waals surface area contributed by atoms with Crippen molar-refractivity contribution in [1.82, 2.24) is 0 Å². The van der Waals surface area contributed by atoms with Gasteiger partial charge in [0.05, 0.1) is 15.7 Å². The second-order valence-electron chi connectivity index (χ2n) is 4.57. The molecule has 1 amide bonds. The van der Waals surface area contributed by atoms with E-state index in [1.54, 1.807) is 19.1 Å². The number of hydrogen-bond donors (Lipinski definition) is 2. The highest BCUT2D eigenvalue weighted by Crippen LogP contribution is 2.33. The van der Waals surface area contributed by atoms with E-state index in [1.807, 2.05) is 0 Å². The molecule has 1 saturated heterocycles. The Morgan fingerprint density at radius 1 is 1.30 bits per heavy atom. The van der Waals surface area contributed by atoms with E-state index in [0.717, 1.165) is 5.56 Å². The van der Waals surface area contributed by atoms with Crippen LogP contribution in [0.2, 0.25) is 10.0 Å². The summed E-state index contributed by atoms with van der Waals surface area (Å²) < 4.78 is 5.17. The van der Waals surface area contributed by atoms with Gasteiger partial charge < -0.3 is 15.2 Å². The first-order valence-corrected chi connectivity index (χ1v) is 6.79. The van der Waals surface area contributed by atoms with Crippen LogP contribution in [0.15, 0.2) is 12.1 Å². The number of carbonyl (C=O) groups is 2. The number of ether oxygens (including phenoxy) is 1. The standard InChI is InChI=1S/C13H13Cl2NO4/c1-6-2-3-7(14)11(10(6)15)16-12(17)8-4-5-9(20-8)13(18)19/h2-3,8-9H,4-5H2,1H3,(H,16,17)(H,18,19)/t8-,9+/m0/s1. The van der Waals surface area contributed by atoms with Crippen LogP contribution >= 0.6 is 23.2 Å². The lowest BCUT2D eigenvalue weighted by molar-refractivity contribution is -0.150. The van der Waals surface area contributed by atoms with Crippen molar-refractivity contribution < 1.29 is 19.4 Å². The Kier molecular flexibility index (Phi) is 4.52. The fourth-order valence-corrected chi connectivity index (χ4v) is 2.45. The molecule has 1 aromatic carbocycles. The van der Waals surface area contributed by atoms with Gasteiger partial charge in [-0.3, -0.25) is 4.79 Å². The van der Waals surface area contributed by atoms with Crippen molar-refractivity contribution >= 4 is 40.8 Å². The van der Waals surface area contributed by atoms with Gasteiger partial charge in [-0.05, 0) is 31.4 Å². The predicted octanol–water partition coefficient (Wildman–Crippen LogP) is 2.87. The van der Waals surface area contributed by atoms with Crippen molar-refractivity contribution in [2.75, 3.05) is 5.32 Å². The Morgan fingerprint density at radius 3 is 2.55 bits per heavy atom. The molecule has 108 valence electrons. The minimum atomic E-state index is -1.06. The molecule has 0 aliphatic carbocycles. The first-order valence-electron chi connectivity index (χ1n) is 6.04. The predicted molar refractivity (Wildman–Crippen MR) is 75.4 cm³/mol. The molecule has 2 rings (SSSR count). The lowest BCUT2D eigenvalue weighted by Gasteiger charge is -2.14. The maximum absolute atomic E-state index is 12.1. The highest BCUT2D eigenvalue weighted by Gasteiger charge is 2.35. The number of carboxylic acid groups (broad SMARTS) is 1. The van der Waals surface area contributed by atoms with Gasteiger partial charge in [-0.25, -0.2) is 4.79 Å². The normalized spacial score (nSPS) is 21.8. The van der Waals surface area contributed by atoms with Crippen molar-refractivity contribution in [1.29, 1.82) is 0 Å². The fraction of sp³-hybridized carbons (Fsp3) is 0.385. The molecule has 20 heavy (non-hydrogen) atoms. The van der Waals surface area contributed by atoms with Crippen LogP contribution in [-0.2, 0) is 14.3 Å². The molecule has 2 atom stereocenters. The van der Waals surface area contributed by atoms with Crippen LogP contribution in [0, 0.1) is 6.92 Å². The third-order valence-corrected chi connectivity index (χ3v) is 3.92. The summed E-state index contributed by atoms with van der Waals surface area (Å²) in [5.41, 5.74) is 1.10. The number of rotatable bonds is 3. The van der Waals surface area contributed by atoms with E-state index >= 15 is 0 Å². The number of nitrogens with one attached hydrogen (secondary N) is 1. The summed E-state index contributed by atoms with van der Waals surface area (Å²) in [6.45, 7) is 1.79. The van der Waals surface area contributed by atoms with Crippen molar-refractivity contribution in [2.45, 2.75) is 32.0 Å². The van der Waals surface area contributed by atoms with Gasteiger partial charge in [-0.1, -0.05) is 29.3 Å². The average molecular weight is 318 g/mol. The summed E-state index contributed by atoms with van der Waals surface area (Å²) in [5, 5.41) is 12.1. The molecule has 0 spiro atoms. The molecule has 1 aromatic rings. The van der Waals surface area contributed by atoms with Crippen LogP contribution in [0.3, 0.4) is 0 Å². The van der Waals surface area contributed by atoms with Crippen LogP contribution in [-0.4, -0.2) is 29.2 Å². The zero-order chi connectivity index (χ0) is 14.9. The molecule has 1 heterocycles. The molecule has 0 radical (unpaired) electrons. The minimum Gasteiger partial charge on any atom is -0.479 e. The Balaban J connectivity index is 2.10. The molecule has 5 nitrogen and oxygen atoms in total. The Hall–Kier alpha value is -1.30. The van der Waals surface area contributed by atoms with Crippen molar-refractivity contribution in [3.8, 4) is 0 Å². The molecule has 0 bridgehead atoms. The van der Waals surface area contributed by atoms with Crippen LogP contribution < -0.4 is 5.32 Å². The summed E-state index contributed by atoms with van der Waals surface area (Å²) in [7, 11) is 0. The highest BCUT2D eigenvalue weighted by molar-refractivity contribution is 6.40. The lowest BCUT2D eigenvalue weighted by atomic mass is 10.1. The van der Waals surface area contributed by atoms with E-state index in [4.69, 9.17) is 33.0 Å². The van der Waals surface area contributed by atoms with E-state index in [0.29, 0.717) is 28.6 Å². The molecule has 2 N–H and O–H groups in total. The summed E-state index contributed by atoms with van der Waals surface area (Å²) in [4.78, 5) is 22.8. The van der Waals surface area contributed by atoms with E-state index in [-0.39, 0.29) is 0 Å². The van der Waals surface area contributed by atoms with Gasteiger partial charge in [0.1, 0.15) is 6.10 Å². The van der Waals surface area contributed by atoms with E-state index in [1.165, 1.54) is 0 Å². The molecule has 1 aliphatic heterocycles. The summed E-state index contributed by atoms with van der Waals surface area (Å²) >= 11 is 12.1. The van der Waals surface area contributed by atoms with Crippen molar-refractivity contribution in [3.05, 3.63) is 27.7 Å². The Bertz CT molecular complexity index is 562. The number of anilines is 1. The van der Waals surface area contributed by atoms with Crippen LogP contribution in [0.25, 0.3) is 0 Å². The quantitative estimate of drug-likeness (QED) is 0.898. The van der Waals surface area contributed by atoms with Crippen LogP contribution in [0.4, 0.5) is 5.69 Å². The maximum Gasteiger partial charge on any atom is 0.332 e. The van der Waals surface area contributed by atoms with Gasteiger partial charge in [-0.15, -0.1) is 0 Å². The van der Waals surface area contributed by atoms with Gasteiger partial charge in [-0.2, -0.15) is 0 Å². The number of aryl methyl sites for hydroxylation is 1. The molecule has 0 saturated carbocycles. The Morgan fingerprint density at radius 2 is 1.95 bits per heavy atom. The lowest BCUT2D eigenvalue weighted by Crippen LogP contribution is -2.30. The maximum atomic E-state index is 12.1. The number of amides is 1. The van der Waals surface area contributed by atoms with Crippen LogP contribution in [0.1, 0.15) is 18.4 Å². The minimum absolute atomic E-state index is 0.308. The summed E-state index contributed by atoms with van der Waals surface area (Å²) in [5.74, 6) is -1.50. The number of halogens is 2. The zero-order valence-electron chi connectivity index (χ0n) is 10.7.